The summed E-state index contributed by atoms with van der Waals surface area (Å²) in [7, 11) is 1.60. The van der Waals surface area contributed by atoms with Gasteiger partial charge in [0, 0.05) is 24.8 Å². The van der Waals surface area contributed by atoms with Crippen LogP contribution in [0, 0.1) is 13.8 Å². The van der Waals surface area contributed by atoms with Gasteiger partial charge in [-0.15, -0.1) is 0 Å². The van der Waals surface area contributed by atoms with E-state index in [1.54, 1.807) is 17.6 Å². The number of aliphatic hydroxyl groups is 1. The van der Waals surface area contributed by atoms with Gasteiger partial charge >= 0.3 is 0 Å². The van der Waals surface area contributed by atoms with Crippen LogP contribution in [0.2, 0.25) is 0 Å². The number of rotatable bonds is 4. The topological polar surface area (TPSA) is 79.5 Å². The predicted molar refractivity (Wildman–Crippen MR) is 92.1 cm³/mol. The highest BCUT2D eigenvalue weighted by Crippen LogP contribution is 2.23. The van der Waals surface area contributed by atoms with E-state index in [0.29, 0.717) is 12.0 Å². The van der Waals surface area contributed by atoms with E-state index in [4.69, 9.17) is 0 Å². The zero-order valence-corrected chi connectivity index (χ0v) is 14.0. The average Bonchev–Trinajstić information content (AvgIpc) is 2.95. The molecule has 6 heteroatoms. The lowest BCUT2D eigenvalue weighted by Crippen LogP contribution is -2.20. The van der Waals surface area contributed by atoms with Gasteiger partial charge in [-0.2, -0.15) is 5.10 Å². The molecule has 0 spiro atoms. The molecule has 0 bridgehead atoms. The summed E-state index contributed by atoms with van der Waals surface area (Å²) in [6, 6.07) is 7.56. The minimum atomic E-state index is -0.158. The largest absolute Gasteiger partial charge is 0.396 e. The molecule has 3 aromatic rings. The summed E-state index contributed by atoms with van der Waals surface area (Å²) >= 11 is 0. The Kier molecular flexibility index (Phi) is 4.31. The second kappa shape index (κ2) is 6.41. The van der Waals surface area contributed by atoms with Crippen molar-refractivity contribution in [1.82, 2.24) is 19.9 Å². The maximum Gasteiger partial charge on any atom is 0.251 e. The van der Waals surface area contributed by atoms with Crippen LogP contribution in [0.1, 0.15) is 27.2 Å². The van der Waals surface area contributed by atoms with Crippen LogP contribution in [-0.2, 0) is 6.42 Å². The molecule has 0 fully saturated rings. The number of imidazole rings is 1. The lowest BCUT2D eigenvalue weighted by molar-refractivity contribution is 0.0962. The molecular weight excluding hydrogens is 304 g/mol. The minimum absolute atomic E-state index is 0.0142. The number of carbonyl (C=O) groups excluding carboxylic acids is 1. The molecule has 3 rings (SSSR count). The molecule has 6 nitrogen and oxygen atoms in total. The number of amides is 1. The number of aromatic nitrogens is 3. The zero-order chi connectivity index (χ0) is 17.3. The monoisotopic (exact) mass is 324 g/mol. The zero-order valence-electron chi connectivity index (χ0n) is 14.0. The molecule has 2 N–H and O–H groups in total. The molecule has 0 aliphatic rings. The van der Waals surface area contributed by atoms with E-state index in [2.05, 4.69) is 15.4 Å². The first-order valence-electron chi connectivity index (χ1n) is 7.83. The van der Waals surface area contributed by atoms with Crippen molar-refractivity contribution < 1.29 is 9.90 Å². The Morgan fingerprint density at radius 3 is 2.79 bits per heavy atom. The van der Waals surface area contributed by atoms with Gasteiger partial charge in [0.1, 0.15) is 0 Å². The van der Waals surface area contributed by atoms with E-state index in [1.807, 2.05) is 38.2 Å². The van der Waals surface area contributed by atoms with Crippen LogP contribution in [0.15, 0.2) is 30.5 Å². The molecule has 0 aliphatic carbocycles. The number of nitrogens with one attached hydrogen (secondary N) is 1. The first-order valence-corrected chi connectivity index (χ1v) is 7.83. The highest BCUT2D eigenvalue weighted by atomic mass is 16.3. The molecule has 2 heterocycles. The molecular formula is C18H20N4O2. The molecule has 0 atom stereocenters. The van der Waals surface area contributed by atoms with Crippen molar-refractivity contribution in [2.45, 2.75) is 20.3 Å². The maximum absolute atomic E-state index is 12.0. The second-order valence-electron chi connectivity index (χ2n) is 5.79. The fourth-order valence-electron chi connectivity index (χ4n) is 2.82. The summed E-state index contributed by atoms with van der Waals surface area (Å²) in [6.45, 7) is 3.92. The van der Waals surface area contributed by atoms with Crippen LogP contribution in [0.25, 0.3) is 16.9 Å². The van der Waals surface area contributed by atoms with Crippen LogP contribution in [0.5, 0.6) is 0 Å². The van der Waals surface area contributed by atoms with Gasteiger partial charge in [-0.1, -0.05) is 6.07 Å². The Hall–Kier alpha value is -2.73. The number of aliphatic hydroxyl groups excluding tert-OH is 1. The van der Waals surface area contributed by atoms with Gasteiger partial charge in [0.05, 0.1) is 17.6 Å². The fraction of sp³-hybridized carbons (Fsp3) is 0.278. The molecule has 1 amide bonds. The standard InChI is InChI=1S/C18H20N4O2/c1-11-8-16(21-22-10-12(2)20-17(11)22)14-4-5-15(18(24)19-3)13(9-14)6-7-23/h4-5,8-10,23H,6-7H2,1-3H3,(H,19,24). The molecule has 0 aliphatic heterocycles. The molecule has 1 aromatic carbocycles. The molecule has 24 heavy (non-hydrogen) atoms. The van der Waals surface area contributed by atoms with Crippen LogP contribution >= 0.6 is 0 Å². The summed E-state index contributed by atoms with van der Waals surface area (Å²) in [5.41, 5.74) is 5.88. The number of fused-ring (bicyclic) bond motifs is 1. The number of carbonyl (C=O) groups is 1. The Morgan fingerprint density at radius 1 is 1.29 bits per heavy atom. The summed E-state index contributed by atoms with van der Waals surface area (Å²) in [5, 5.41) is 16.5. The van der Waals surface area contributed by atoms with Crippen molar-refractivity contribution in [3.63, 3.8) is 0 Å². The predicted octanol–water partition coefficient (Wildman–Crippen LogP) is 1.91. The van der Waals surface area contributed by atoms with E-state index >= 15 is 0 Å². The molecule has 0 unspecified atom stereocenters. The minimum Gasteiger partial charge on any atom is -0.396 e. The van der Waals surface area contributed by atoms with Gasteiger partial charge in [-0.3, -0.25) is 4.79 Å². The van der Waals surface area contributed by atoms with Gasteiger partial charge < -0.3 is 10.4 Å². The van der Waals surface area contributed by atoms with Gasteiger partial charge in [0.25, 0.3) is 5.91 Å². The normalized spacial score (nSPS) is 11.0. The Morgan fingerprint density at radius 2 is 2.08 bits per heavy atom. The lowest BCUT2D eigenvalue weighted by Gasteiger charge is -2.11. The SMILES string of the molecule is CNC(=O)c1ccc(-c2cc(C)c3nc(C)cn3n2)cc1CCO. The van der Waals surface area contributed by atoms with Crippen molar-refractivity contribution in [3.05, 3.63) is 52.8 Å². The van der Waals surface area contributed by atoms with Crippen molar-refractivity contribution >= 4 is 11.6 Å². The Labute approximate surface area is 140 Å². The quantitative estimate of drug-likeness (QED) is 0.768. The van der Waals surface area contributed by atoms with Crippen molar-refractivity contribution in [2.24, 2.45) is 0 Å². The third kappa shape index (κ3) is 2.88. The number of hydrogen-bond acceptors (Lipinski definition) is 4. The molecule has 124 valence electrons. The summed E-state index contributed by atoms with van der Waals surface area (Å²) in [5.74, 6) is -0.158. The van der Waals surface area contributed by atoms with Gasteiger partial charge in [0.15, 0.2) is 5.65 Å². The van der Waals surface area contributed by atoms with Crippen molar-refractivity contribution in [3.8, 4) is 11.3 Å². The number of benzene rings is 1. The van der Waals surface area contributed by atoms with E-state index in [-0.39, 0.29) is 12.5 Å². The molecule has 0 saturated heterocycles. The summed E-state index contributed by atoms with van der Waals surface area (Å²) in [4.78, 5) is 16.4. The average molecular weight is 324 g/mol. The van der Waals surface area contributed by atoms with Crippen LogP contribution in [-0.4, -0.2) is 39.3 Å². The van der Waals surface area contributed by atoms with Gasteiger partial charge in [0.2, 0.25) is 0 Å². The third-order valence-corrected chi connectivity index (χ3v) is 3.98. The van der Waals surface area contributed by atoms with Crippen molar-refractivity contribution in [2.75, 3.05) is 13.7 Å². The number of nitrogens with zero attached hydrogens (tertiary/aromatic N) is 3. The summed E-state index contributed by atoms with van der Waals surface area (Å²) in [6.07, 6.45) is 2.31. The van der Waals surface area contributed by atoms with Gasteiger partial charge in [-0.05, 0) is 49.6 Å². The Bertz CT molecular complexity index is 915. The van der Waals surface area contributed by atoms with Gasteiger partial charge in [-0.25, -0.2) is 9.50 Å². The van der Waals surface area contributed by atoms with E-state index in [9.17, 15) is 9.90 Å². The Balaban J connectivity index is 2.12. The van der Waals surface area contributed by atoms with E-state index in [1.165, 1.54) is 0 Å². The first-order chi connectivity index (χ1) is 11.5. The highest BCUT2D eigenvalue weighted by Gasteiger charge is 2.13. The highest BCUT2D eigenvalue weighted by molar-refractivity contribution is 5.96. The van der Waals surface area contributed by atoms with Crippen LogP contribution in [0.4, 0.5) is 0 Å². The maximum atomic E-state index is 12.0. The lowest BCUT2D eigenvalue weighted by atomic mass is 9.99. The molecule has 0 radical (unpaired) electrons. The fourth-order valence-corrected chi connectivity index (χ4v) is 2.82. The van der Waals surface area contributed by atoms with E-state index in [0.717, 1.165) is 33.7 Å². The van der Waals surface area contributed by atoms with Crippen molar-refractivity contribution in [1.29, 1.82) is 0 Å². The smallest absolute Gasteiger partial charge is 0.251 e. The number of hydrogen-bond donors (Lipinski definition) is 2. The third-order valence-electron chi connectivity index (χ3n) is 3.98. The molecule has 2 aromatic heterocycles. The molecule has 0 saturated carbocycles. The second-order valence-corrected chi connectivity index (χ2v) is 5.79. The number of aryl methyl sites for hydroxylation is 2. The van der Waals surface area contributed by atoms with Crippen LogP contribution < -0.4 is 5.32 Å². The van der Waals surface area contributed by atoms with E-state index < -0.39 is 0 Å². The first kappa shape index (κ1) is 16.1. The van der Waals surface area contributed by atoms with Crippen LogP contribution in [0.3, 0.4) is 0 Å². The summed E-state index contributed by atoms with van der Waals surface area (Å²) < 4.78 is 1.78.